The molecule has 0 amide bonds. The van der Waals surface area contributed by atoms with Crippen molar-refractivity contribution in [1.82, 2.24) is 0 Å². The van der Waals surface area contributed by atoms with Crippen molar-refractivity contribution in [1.29, 1.82) is 0 Å². The van der Waals surface area contributed by atoms with E-state index >= 15 is 0 Å². The number of benzene rings is 2. The van der Waals surface area contributed by atoms with Crippen LogP contribution >= 0.6 is 0 Å². The van der Waals surface area contributed by atoms with Crippen LogP contribution in [0.15, 0.2) is 47.4 Å². The summed E-state index contributed by atoms with van der Waals surface area (Å²) in [6, 6.07) is 12.9. The second-order valence-corrected chi connectivity index (χ2v) is 7.48. The summed E-state index contributed by atoms with van der Waals surface area (Å²) < 4.78 is 27.7. The maximum Gasteiger partial charge on any atom is 0.261 e. The molecule has 1 N–H and O–H groups in total. The number of anilines is 1. The van der Waals surface area contributed by atoms with Crippen LogP contribution in [0.2, 0.25) is 0 Å². The first-order valence-electron chi connectivity index (χ1n) is 7.53. The molecule has 118 valence electrons. The highest BCUT2D eigenvalue weighted by Gasteiger charge is 2.15. The minimum Gasteiger partial charge on any atom is -0.279 e. The lowest BCUT2D eigenvalue weighted by atomic mass is 9.99. The van der Waals surface area contributed by atoms with E-state index in [1.807, 2.05) is 44.2 Å². The van der Waals surface area contributed by atoms with Crippen molar-refractivity contribution in [2.24, 2.45) is 0 Å². The first kappa shape index (κ1) is 16.6. The number of sulfonamides is 1. The predicted molar refractivity (Wildman–Crippen MR) is 91.9 cm³/mol. The van der Waals surface area contributed by atoms with Crippen LogP contribution in [0.4, 0.5) is 5.69 Å². The van der Waals surface area contributed by atoms with Gasteiger partial charge < -0.3 is 0 Å². The third kappa shape index (κ3) is 3.69. The van der Waals surface area contributed by atoms with Gasteiger partial charge in [-0.3, -0.25) is 4.72 Å². The van der Waals surface area contributed by atoms with Crippen molar-refractivity contribution in [2.45, 2.75) is 44.9 Å². The summed E-state index contributed by atoms with van der Waals surface area (Å²) in [6.45, 7) is 8.09. The molecule has 0 heterocycles. The fraction of sp³-hybridized carbons (Fsp3) is 0.333. The average Bonchev–Trinajstić information content (AvgIpc) is 2.50. The third-order valence-electron chi connectivity index (χ3n) is 4.01. The van der Waals surface area contributed by atoms with Gasteiger partial charge in [0.1, 0.15) is 0 Å². The molecular weight excluding hydrogens is 294 g/mol. The zero-order chi connectivity index (χ0) is 16.3. The summed E-state index contributed by atoms with van der Waals surface area (Å²) in [6.07, 6.45) is 1.03. The molecule has 0 saturated heterocycles. The van der Waals surface area contributed by atoms with E-state index in [4.69, 9.17) is 0 Å². The van der Waals surface area contributed by atoms with Gasteiger partial charge in [-0.15, -0.1) is 0 Å². The summed E-state index contributed by atoms with van der Waals surface area (Å²) in [7, 11) is -3.55. The number of nitrogens with one attached hydrogen (secondary N) is 1. The van der Waals surface area contributed by atoms with Gasteiger partial charge in [0.15, 0.2) is 0 Å². The minimum atomic E-state index is -3.55. The molecule has 2 aromatic carbocycles. The molecule has 4 heteroatoms. The first-order valence-corrected chi connectivity index (χ1v) is 9.02. The predicted octanol–water partition coefficient (Wildman–Crippen LogP) is 4.62. The molecule has 0 aromatic heterocycles. The average molecular weight is 317 g/mol. The van der Waals surface area contributed by atoms with Crippen LogP contribution in [0.1, 0.15) is 42.9 Å². The highest BCUT2D eigenvalue weighted by atomic mass is 32.2. The lowest BCUT2D eigenvalue weighted by Crippen LogP contribution is -2.14. The van der Waals surface area contributed by atoms with Crippen molar-refractivity contribution in [3.05, 3.63) is 59.2 Å². The quantitative estimate of drug-likeness (QED) is 0.874. The van der Waals surface area contributed by atoms with Crippen LogP contribution in [-0.2, 0) is 10.0 Å². The Labute approximate surface area is 133 Å². The summed E-state index contributed by atoms with van der Waals surface area (Å²) in [5, 5.41) is 0. The van der Waals surface area contributed by atoms with Gasteiger partial charge in [-0.25, -0.2) is 8.42 Å². The largest absolute Gasteiger partial charge is 0.279 e. The zero-order valence-electron chi connectivity index (χ0n) is 13.6. The number of hydrogen-bond donors (Lipinski definition) is 1. The molecule has 0 aliphatic heterocycles. The van der Waals surface area contributed by atoms with Gasteiger partial charge in [0.05, 0.1) is 10.6 Å². The van der Waals surface area contributed by atoms with E-state index in [0.29, 0.717) is 16.5 Å². The fourth-order valence-electron chi connectivity index (χ4n) is 2.26. The first-order chi connectivity index (χ1) is 10.3. The van der Waals surface area contributed by atoms with E-state index in [2.05, 4.69) is 18.6 Å². The second kappa shape index (κ2) is 6.53. The molecule has 2 aromatic rings. The number of rotatable bonds is 5. The Kier molecular flexibility index (Phi) is 4.91. The van der Waals surface area contributed by atoms with Gasteiger partial charge in [-0.2, -0.15) is 0 Å². The van der Waals surface area contributed by atoms with Gasteiger partial charge in [0.2, 0.25) is 0 Å². The van der Waals surface area contributed by atoms with Gasteiger partial charge >= 0.3 is 0 Å². The molecule has 0 radical (unpaired) electrons. The topological polar surface area (TPSA) is 46.2 Å². The van der Waals surface area contributed by atoms with Crippen molar-refractivity contribution in [3.8, 4) is 0 Å². The highest BCUT2D eigenvalue weighted by molar-refractivity contribution is 7.92. The van der Waals surface area contributed by atoms with Gasteiger partial charge in [0, 0.05) is 0 Å². The van der Waals surface area contributed by atoms with Crippen LogP contribution in [0.3, 0.4) is 0 Å². The molecular formula is C18H23NO2S. The highest BCUT2D eigenvalue weighted by Crippen LogP contribution is 2.23. The van der Waals surface area contributed by atoms with Gasteiger partial charge in [0.25, 0.3) is 10.0 Å². The molecule has 22 heavy (non-hydrogen) atoms. The Morgan fingerprint density at radius 2 is 1.68 bits per heavy atom. The van der Waals surface area contributed by atoms with Crippen molar-refractivity contribution in [2.75, 3.05) is 4.72 Å². The zero-order valence-corrected chi connectivity index (χ0v) is 14.4. The smallest absolute Gasteiger partial charge is 0.261 e. The van der Waals surface area contributed by atoms with Crippen LogP contribution in [-0.4, -0.2) is 8.42 Å². The second-order valence-electron chi connectivity index (χ2n) is 5.80. The normalized spacial score (nSPS) is 12.9. The monoisotopic (exact) mass is 317 g/mol. The Bertz CT molecular complexity index is 749. The lowest BCUT2D eigenvalue weighted by molar-refractivity contribution is 0.601. The fourth-order valence-corrected chi connectivity index (χ4v) is 3.38. The van der Waals surface area contributed by atoms with E-state index in [1.54, 1.807) is 12.1 Å². The van der Waals surface area contributed by atoms with Crippen LogP contribution in [0.25, 0.3) is 0 Å². The van der Waals surface area contributed by atoms with E-state index in [0.717, 1.165) is 23.1 Å². The summed E-state index contributed by atoms with van der Waals surface area (Å²) in [5.41, 5.74) is 3.72. The SMILES string of the molecule is CC[C@H](C)c1ccc(S(=O)(=O)Nc2cc(C)ccc2C)cc1. The number of aryl methyl sites for hydroxylation is 2. The van der Waals surface area contributed by atoms with Gasteiger partial charge in [-0.05, 0) is 61.1 Å². The molecule has 0 saturated carbocycles. The minimum absolute atomic E-state index is 0.292. The van der Waals surface area contributed by atoms with Crippen molar-refractivity contribution < 1.29 is 8.42 Å². The third-order valence-corrected chi connectivity index (χ3v) is 5.39. The van der Waals surface area contributed by atoms with E-state index in [9.17, 15) is 8.42 Å². The van der Waals surface area contributed by atoms with Crippen LogP contribution < -0.4 is 4.72 Å². The Morgan fingerprint density at radius 3 is 2.27 bits per heavy atom. The molecule has 0 aliphatic rings. The van der Waals surface area contributed by atoms with Crippen LogP contribution in [0, 0.1) is 13.8 Å². The summed E-state index contributed by atoms with van der Waals surface area (Å²) >= 11 is 0. The molecule has 0 unspecified atom stereocenters. The summed E-state index contributed by atoms with van der Waals surface area (Å²) in [4.78, 5) is 0.292. The molecule has 0 spiro atoms. The molecule has 0 fully saturated rings. The molecule has 3 nitrogen and oxygen atoms in total. The van der Waals surface area contributed by atoms with Crippen LogP contribution in [0.5, 0.6) is 0 Å². The maximum absolute atomic E-state index is 12.5. The Hall–Kier alpha value is -1.81. The Balaban J connectivity index is 2.28. The van der Waals surface area contributed by atoms with E-state index < -0.39 is 10.0 Å². The Morgan fingerprint density at radius 1 is 1.05 bits per heavy atom. The van der Waals surface area contributed by atoms with E-state index in [-0.39, 0.29) is 0 Å². The molecule has 1 atom stereocenters. The molecule has 0 aliphatic carbocycles. The van der Waals surface area contributed by atoms with Gasteiger partial charge in [-0.1, -0.05) is 38.1 Å². The number of hydrogen-bond acceptors (Lipinski definition) is 2. The molecule has 2 rings (SSSR count). The van der Waals surface area contributed by atoms with E-state index in [1.165, 1.54) is 0 Å². The maximum atomic E-state index is 12.5. The van der Waals surface area contributed by atoms with Crippen molar-refractivity contribution >= 4 is 15.7 Å². The standard InChI is InChI=1S/C18H23NO2S/c1-5-14(3)16-8-10-17(11-9-16)22(20,21)19-18-12-13(2)6-7-15(18)4/h6-12,14,19H,5H2,1-4H3/t14-/m0/s1. The lowest BCUT2D eigenvalue weighted by Gasteiger charge is -2.13. The van der Waals surface area contributed by atoms with Crippen molar-refractivity contribution in [3.63, 3.8) is 0 Å². The summed E-state index contributed by atoms with van der Waals surface area (Å²) in [5.74, 6) is 0.434. The molecule has 0 bridgehead atoms.